The third kappa shape index (κ3) is 2.94. The first-order valence-corrected chi connectivity index (χ1v) is 8.74. The number of fused-ring (bicyclic) bond motifs is 3. The second-order valence-electron chi connectivity index (χ2n) is 6.87. The van der Waals surface area contributed by atoms with Gasteiger partial charge in [-0.15, -0.1) is 0 Å². The van der Waals surface area contributed by atoms with Gasteiger partial charge in [0, 0.05) is 17.0 Å². The van der Waals surface area contributed by atoms with Crippen LogP contribution in [0.1, 0.15) is 22.3 Å². The summed E-state index contributed by atoms with van der Waals surface area (Å²) in [6.45, 7) is 4.08. The zero-order chi connectivity index (χ0) is 18.3. The Morgan fingerprint density at radius 1 is 0.962 bits per heavy atom. The molecule has 0 amide bonds. The first kappa shape index (κ1) is 16.3. The highest BCUT2D eigenvalue weighted by Gasteiger charge is 2.09. The Morgan fingerprint density at radius 3 is 2.62 bits per heavy atom. The average Bonchev–Trinajstić information content (AvgIpc) is 2.60. The fourth-order valence-corrected chi connectivity index (χ4v) is 3.44. The van der Waals surface area contributed by atoms with Gasteiger partial charge >= 0.3 is 0 Å². The minimum atomic E-state index is 0.309. The van der Waals surface area contributed by atoms with E-state index in [0.717, 1.165) is 51.3 Å². The van der Waals surface area contributed by atoms with Crippen molar-refractivity contribution in [2.75, 3.05) is 5.73 Å². The van der Waals surface area contributed by atoms with Crippen molar-refractivity contribution >= 4 is 27.6 Å². The number of benzene rings is 2. The molecule has 0 aliphatic carbocycles. The number of phenols is 1. The molecule has 130 valence electrons. The Labute approximate surface area is 152 Å². The lowest BCUT2D eigenvalue weighted by Crippen LogP contribution is -1.99. The van der Waals surface area contributed by atoms with Crippen molar-refractivity contribution < 1.29 is 5.11 Å². The molecule has 0 aliphatic heterocycles. The van der Waals surface area contributed by atoms with Gasteiger partial charge in [-0.3, -0.25) is 4.98 Å². The minimum Gasteiger partial charge on any atom is -0.508 e. The van der Waals surface area contributed by atoms with Crippen molar-refractivity contribution in [3.8, 4) is 5.75 Å². The van der Waals surface area contributed by atoms with Crippen LogP contribution in [0, 0.1) is 13.8 Å². The Morgan fingerprint density at radius 2 is 1.81 bits per heavy atom. The lowest BCUT2D eigenvalue weighted by Gasteiger charge is -2.10. The van der Waals surface area contributed by atoms with Crippen molar-refractivity contribution in [1.29, 1.82) is 0 Å². The number of pyridine rings is 2. The SMILES string of the molecule is Cc1ccc2c(c1)nc(N)c1ncc(CCc3ccc(O)cc3C)cc12. The molecule has 2 heterocycles. The molecule has 2 aromatic carbocycles. The number of aromatic hydroxyl groups is 1. The summed E-state index contributed by atoms with van der Waals surface area (Å²) in [4.78, 5) is 9.07. The second-order valence-corrected chi connectivity index (χ2v) is 6.87. The van der Waals surface area contributed by atoms with Crippen molar-refractivity contribution in [3.05, 3.63) is 70.9 Å². The maximum atomic E-state index is 9.56. The van der Waals surface area contributed by atoms with Crippen LogP contribution >= 0.6 is 0 Å². The van der Waals surface area contributed by atoms with Crippen LogP contribution < -0.4 is 5.73 Å². The highest BCUT2D eigenvalue weighted by molar-refractivity contribution is 6.08. The number of phenolic OH excluding ortho intramolecular Hbond substituents is 1. The Balaban J connectivity index is 1.73. The molecule has 0 spiro atoms. The number of nitrogens with two attached hydrogens (primary N) is 1. The maximum absolute atomic E-state index is 9.56. The van der Waals surface area contributed by atoms with Crippen molar-refractivity contribution in [3.63, 3.8) is 0 Å². The summed E-state index contributed by atoms with van der Waals surface area (Å²) in [5, 5.41) is 11.7. The van der Waals surface area contributed by atoms with Crippen LogP contribution in [0.15, 0.2) is 48.7 Å². The van der Waals surface area contributed by atoms with Crippen LogP contribution in [0.4, 0.5) is 5.82 Å². The number of aromatic nitrogens is 2. The predicted octanol–water partition coefficient (Wildman–Crippen LogP) is 4.47. The summed E-state index contributed by atoms with van der Waals surface area (Å²) in [5.74, 6) is 0.780. The van der Waals surface area contributed by atoms with Gasteiger partial charge in [-0.25, -0.2) is 4.98 Å². The number of nitrogens with zero attached hydrogens (tertiary/aromatic N) is 2. The van der Waals surface area contributed by atoms with Gasteiger partial charge in [-0.2, -0.15) is 0 Å². The van der Waals surface area contributed by atoms with E-state index in [-0.39, 0.29) is 0 Å². The fraction of sp³-hybridized carbons (Fsp3) is 0.182. The molecule has 0 bridgehead atoms. The van der Waals surface area contributed by atoms with E-state index in [0.29, 0.717) is 11.6 Å². The molecule has 0 aliphatic rings. The van der Waals surface area contributed by atoms with Gasteiger partial charge in [0.25, 0.3) is 0 Å². The van der Waals surface area contributed by atoms with Crippen LogP contribution in [-0.2, 0) is 12.8 Å². The number of hydrogen-bond acceptors (Lipinski definition) is 4. The molecular formula is C22H21N3O. The Kier molecular flexibility index (Phi) is 3.96. The van der Waals surface area contributed by atoms with Crippen LogP contribution in [0.3, 0.4) is 0 Å². The first-order chi connectivity index (χ1) is 12.5. The number of aryl methyl sites for hydroxylation is 4. The van der Waals surface area contributed by atoms with Gasteiger partial charge in [-0.05, 0) is 73.2 Å². The molecule has 4 rings (SSSR count). The highest BCUT2D eigenvalue weighted by atomic mass is 16.3. The molecule has 0 radical (unpaired) electrons. The van der Waals surface area contributed by atoms with E-state index < -0.39 is 0 Å². The zero-order valence-electron chi connectivity index (χ0n) is 15.0. The van der Waals surface area contributed by atoms with E-state index in [1.54, 1.807) is 12.1 Å². The van der Waals surface area contributed by atoms with Gasteiger partial charge in [0.05, 0.1) is 5.52 Å². The van der Waals surface area contributed by atoms with Crippen molar-refractivity contribution in [1.82, 2.24) is 9.97 Å². The van der Waals surface area contributed by atoms with E-state index in [2.05, 4.69) is 41.2 Å². The van der Waals surface area contributed by atoms with Gasteiger partial charge in [0.1, 0.15) is 11.3 Å². The van der Waals surface area contributed by atoms with Gasteiger partial charge < -0.3 is 10.8 Å². The average molecular weight is 343 g/mol. The Hall–Kier alpha value is -3.14. The van der Waals surface area contributed by atoms with Crippen LogP contribution in [0.5, 0.6) is 5.75 Å². The van der Waals surface area contributed by atoms with Crippen molar-refractivity contribution in [2.24, 2.45) is 0 Å². The molecule has 2 aromatic heterocycles. The van der Waals surface area contributed by atoms with E-state index in [1.165, 1.54) is 5.56 Å². The van der Waals surface area contributed by atoms with E-state index in [9.17, 15) is 5.11 Å². The normalized spacial score (nSPS) is 11.3. The first-order valence-electron chi connectivity index (χ1n) is 8.74. The summed E-state index contributed by atoms with van der Waals surface area (Å²) >= 11 is 0. The highest BCUT2D eigenvalue weighted by Crippen LogP contribution is 2.28. The number of hydrogen-bond donors (Lipinski definition) is 2. The minimum absolute atomic E-state index is 0.309. The number of rotatable bonds is 3. The summed E-state index contributed by atoms with van der Waals surface area (Å²) in [7, 11) is 0. The zero-order valence-corrected chi connectivity index (χ0v) is 15.0. The van der Waals surface area contributed by atoms with Crippen LogP contribution in [0.2, 0.25) is 0 Å². The molecule has 0 unspecified atom stereocenters. The summed E-state index contributed by atoms with van der Waals surface area (Å²) in [5.41, 5.74) is 12.5. The molecule has 0 atom stereocenters. The maximum Gasteiger partial charge on any atom is 0.150 e. The molecule has 4 nitrogen and oxygen atoms in total. The van der Waals surface area contributed by atoms with Gasteiger partial charge in [-0.1, -0.05) is 18.2 Å². The lowest BCUT2D eigenvalue weighted by molar-refractivity contribution is 0.474. The molecule has 4 heteroatoms. The van der Waals surface area contributed by atoms with Crippen LogP contribution in [0.25, 0.3) is 21.8 Å². The fourth-order valence-electron chi connectivity index (χ4n) is 3.44. The molecule has 0 fully saturated rings. The largest absolute Gasteiger partial charge is 0.508 e. The Bertz CT molecular complexity index is 1140. The lowest BCUT2D eigenvalue weighted by atomic mass is 9.99. The third-order valence-electron chi connectivity index (χ3n) is 4.88. The van der Waals surface area contributed by atoms with Gasteiger partial charge in [0.2, 0.25) is 0 Å². The third-order valence-corrected chi connectivity index (χ3v) is 4.88. The molecule has 4 aromatic rings. The molecule has 0 saturated heterocycles. The van der Waals surface area contributed by atoms with E-state index >= 15 is 0 Å². The monoisotopic (exact) mass is 343 g/mol. The topological polar surface area (TPSA) is 72.0 Å². The standard InChI is InChI=1S/C22H21N3O/c1-13-3-8-18-19-11-15(4-5-16-6-7-17(26)10-14(16)2)12-24-21(19)22(23)25-20(18)9-13/h3,6-12,26H,4-5H2,1-2H3,(H2,23,25). The van der Waals surface area contributed by atoms with Gasteiger partial charge in [0.15, 0.2) is 5.82 Å². The summed E-state index contributed by atoms with van der Waals surface area (Å²) in [6, 6.07) is 13.9. The van der Waals surface area contributed by atoms with Crippen LogP contribution in [-0.4, -0.2) is 15.1 Å². The molecule has 3 N–H and O–H groups in total. The van der Waals surface area contributed by atoms with Crippen molar-refractivity contribution in [2.45, 2.75) is 26.7 Å². The number of nitrogen functional groups attached to an aromatic ring is 1. The smallest absolute Gasteiger partial charge is 0.150 e. The predicted molar refractivity (Wildman–Crippen MR) is 106 cm³/mol. The number of anilines is 1. The summed E-state index contributed by atoms with van der Waals surface area (Å²) in [6.07, 6.45) is 3.66. The molecule has 0 saturated carbocycles. The molecule has 26 heavy (non-hydrogen) atoms. The van der Waals surface area contributed by atoms with E-state index in [1.807, 2.05) is 19.2 Å². The second kappa shape index (κ2) is 6.30. The molecular weight excluding hydrogens is 322 g/mol. The summed E-state index contributed by atoms with van der Waals surface area (Å²) < 4.78 is 0. The van der Waals surface area contributed by atoms with E-state index in [4.69, 9.17) is 5.73 Å². The quantitative estimate of drug-likeness (QED) is 0.538.